The zero-order valence-corrected chi connectivity index (χ0v) is 14.1. The van der Waals surface area contributed by atoms with Crippen molar-refractivity contribution in [1.82, 2.24) is 10.3 Å². The summed E-state index contributed by atoms with van der Waals surface area (Å²) in [6.07, 6.45) is 4.01. The molecule has 0 saturated carbocycles. The van der Waals surface area contributed by atoms with E-state index in [1.807, 2.05) is 11.6 Å². The topological polar surface area (TPSA) is 54.5 Å². The number of benzene rings is 1. The molecule has 1 unspecified atom stereocenters. The molecule has 0 aliphatic carbocycles. The minimum atomic E-state index is -0.120. The fourth-order valence-corrected chi connectivity index (χ4v) is 3.49. The first-order valence-corrected chi connectivity index (χ1v) is 8.79. The van der Waals surface area contributed by atoms with Crippen molar-refractivity contribution in [3.8, 4) is 5.75 Å². The van der Waals surface area contributed by atoms with Crippen LogP contribution in [0.4, 0.5) is 5.13 Å². The number of hydrogen-bond donors (Lipinski definition) is 1. The SMILES string of the molecule is O=C(COc1ccc(Cl)cc1)NCC1CCCN1c1nccs1. The Morgan fingerprint density at radius 2 is 2.26 bits per heavy atom. The third-order valence-electron chi connectivity index (χ3n) is 3.76. The monoisotopic (exact) mass is 351 g/mol. The summed E-state index contributed by atoms with van der Waals surface area (Å²) in [5.74, 6) is 0.515. The van der Waals surface area contributed by atoms with Crippen LogP contribution in [0.5, 0.6) is 5.75 Å². The molecule has 1 aromatic carbocycles. The third kappa shape index (κ3) is 4.36. The first-order chi connectivity index (χ1) is 11.2. The number of carbonyl (C=O) groups excluding carboxylic acids is 1. The van der Waals surface area contributed by atoms with Gasteiger partial charge in [0, 0.05) is 35.7 Å². The maximum absolute atomic E-state index is 11.9. The fourth-order valence-electron chi connectivity index (χ4n) is 2.62. The largest absolute Gasteiger partial charge is 0.484 e. The number of halogens is 1. The molecule has 1 N–H and O–H groups in total. The van der Waals surface area contributed by atoms with Crippen molar-refractivity contribution in [3.05, 3.63) is 40.9 Å². The number of nitrogens with one attached hydrogen (secondary N) is 1. The van der Waals surface area contributed by atoms with Gasteiger partial charge in [-0.25, -0.2) is 4.98 Å². The van der Waals surface area contributed by atoms with Gasteiger partial charge in [-0.1, -0.05) is 11.6 Å². The van der Waals surface area contributed by atoms with Gasteiger partial charge in [0.1, 0.15) is 5.75 Å². The first kappa shape index (κ1) is 16.1. The lowest BCUT2D eigenvalue weighted by atomic mass is 10.2. The normalized spacial score (nSPS) is 17.3. The van der Waals surface area contributed by atoms with Crippen LogP contribution in [0.15, 0.2) is 35.8 Å². The Morgan fingerprint density at radius 1 is 1.43 bits per heavy atom. The maximum atomic E-state index is 11.9. The number of amides is 1. The van der Waals surface area contributed by atoms with E-state index < -0.39 is 0 Å². The van der Waals surface area contributed by atoms with E-state index in [0.717, 1.165) is 24.5 Å². The van der Waals surface area contributed by atoms with E-state index in [4.69, 9.17) is 16.3 Å². The second kappa shape index (κ2) is 7.66. The van der Waals surface area contributed by atoms with Crippen molar-refractivity contribution < 1.29 is 9.53 Å². The molecule has 23 heavy (non-hydrogen) atoms. The quantitative estimate of drug-likeness (QED) is 0.869. The van der Waals surface area contributed by atoms with E-state index >= 15 is 0 Å². The Morgan fingerprint density at radius 3 is 3.00 bits per heavy atom. The molecule has 2 heterocycles. The van der Waals surface area contributed by atoms with Gasteiger partial charge >= 0.3 is 0 Å². The third-order valence-corrected chi connectivity index (χ3v) is 4.82. The van der Waals surface area contributed by atoms with Crippen LogP contribution in [0.25, 0.3) is 0 Å². The average molecular weight is 352 g/mol. The number of aromatic nitrogens is 1. The number of rotatable bonds is 6. The predicted molar refractivity (Wildman–Crippen MR) is 92.4 cm³/mol. The number of ether oxygens (including phenoxy) is 1. The van der Waals surface area contributed by atoms with Crippen molar-refractivity contribution >= 4 is 34.0 Å². The van der Waals surface area contributed by atoms with Gasteiger partial charge in [0.25, 0.3) is 5.91 Å². The summed E-state index contributed by atoms with van der Waals surface area (Å²) in [7, 11) is 0. The van der Waals surface area contributed by atoms with Gasteiger partial charge in [0.15, 0.2) is 11.7 Å². The molecular formula is C16H18ClN3O2S. The fraction of sp³-hybridized carbons (Fsp3) is 0.375. The van der Waals surface area contributed by atoms with Crippen LogP contribution in [0.2, 0.25) is 5.02 Å². The standard InChI is InChI=1S/C16H18ClN3O2S/c17-12-3-5-14(6-4-12)22-11-15(21)19-10-13-2-1-8-20(13)16-18-7-9-23-16/h3-7,9,13H,1-2,8,10-11H2,(H,19,21). The Kier molecular flexibility index (Phi) is 5.35. The zero-order valence-electron chi connectivity index (χ0n) is 12.6. The lowest BCUT2D eigenvalue weighted by molar-refractivity contribution is -0.123. The molecule has 1 atom stereocenters. The summed E-state index contributed by atoms with van der Waals surface area (Å²) >= 11 is 7.44. The Bertz CT molecular complexity index is 633. The van der Waals surface area contributed by atoms with Crippen LogP contribution >= 0.6 is 22.9 Å². The molecule has 0 radical (unpaired) electrons. The Labute approximate surface area is 144 Å². The van der Waals surface area contributed by atoms with Crippen LogP contribution in [-0.4, -0.2) is 36.6 Å². The Hall–Kier alpha value is -1.79. The average Bonchev–Trinajstić information content (AvgIpc) is 3.23. The van der Waals surface area contributed by atoms with Crippen molar-refractivity contribution in [2.24, 2.45) is 0 Å². The molecule has 1 aliphatic rings. The molecule has 122 valence electrons. The van der Waals surface area contributed by atoms with Gasteiger partial charge in [-0.3, -0.25) is 4.79 Å². The maximum Gasteiger partial charge on any atom is 0.258 e. The van der Waals surface area contributed by atoms with Crippen LogP contribution in [-0.2, 0) is 4.79 Å². The summed E-state index contributed by atoms with van der Waals surface area (Å²) in [5.41, 5.74) is 0. The molecule has 1 saturated heterocycles. The molecule has 1 amide bonds. The van der Waals surface area contributed by atoms with Gasteiger partial charge in [-0.15, -0.1) is 11.3 Å². The first-order valence-electron chi connectivity index (χ1n) is 7.53. The minimum Gasteiger partial charge on any atom is -0.484 e. The smallest absolute Gasteiger partial charge is 0.258 e. The van der Waals surface area contributed by atoms with E-state index in [9.17, 15) is 4.79 Å². The summed E-state index contributed by atoms with van der Waals surface area (Å²) in [5, 5.41) is 6.59. The molecule has 7 heteroatoms. The van der Waals surface area contributed by atoms with Crippen molar-refractivity contribution in [2.75, 3.05) is 24.6 Å². The van der Waals surface area contributed by atoms with Gasteiger partial charge in [-0.2, -0.15) is 0 Å². The van der Waals surface area contributed by atoms with E-state index in [2.05, 4.69) is 15.2 Å². The number of carbonyl (C=O) groups is 1. The second-order valence-corrected chi connectivity index (χ2v) is 6.66. The number of hydrogen-bond acceptors (Lipinski definition) is 5. The molecule has 3 rings (SSSR count). The van der Waals surface area contributed by atoms with Gasteiger partial charge in [0.05, 0.1) is 0 Å². The molecule has 2 aromatic rings. The number of nitrogens with zero attached hydrogens (tertiary/aromatic N) is 2. The summed E-state index contributed by atoms with van der Waals surface area (Å²) in [6, 6.07) is 7.27. The number of thiazole rings is 1. The minimum absolute atomic E-state index is 0.00556. The highest BCUT2D eigenvalue weighted by atomic mass is 35.5. The molecule has 5 nitrogen and oxygen atoms in total. The van der Waals surface area contributed by atoms with Crippen molar-refractivity contribution in [3.63, 3.8) is 0 Å². The van der Waals surface area contributed by atoms with Crippen molar-refractivity contribution in [2.45, 2.75) is 18.9 Å². The van der Waals surface area contributed by atoms with Gasteiger partial charge in [0.2, 0.25) is 0 Å². The summed E-state index contributed by atoms with van der Waals surface area (Å²) in [6.45, 7) is 1.61. The highest BCUT2D eigenvalue weighted by molar-refractivity contribution is 7.13. The molecule has 0 bridgehead atoms. The van der Waals surface area contributed by atoms with Crippen LogP contribution < -0.4 is 15.0 Å². The summed E-state index contributed by atoms with van der Waals surface area (Å²) in [4.78, 5) is 18.6. The molecular weight excluding hydrogens is 334 g/mol. The molecule has 1 aliphatic heterocycles. The predicted octanol–water partition coefficient (Wildman–Crippen LogP) is 2.96. The number of anilines is 1. The van der Waals surface area contributed by atoms with Gasteiger partial charge in [-0.05, 0) is 37.1 Å². The van der Waals surface area contributed by atoms with Gasteiger partial charge < -0.3 is 15.0 Å². The van der Waals surface area contributed by atoms with E-state index in [-0.39, 0.29) is 12.5 Å². The summed E-state index contributed by atoms with van der Waals surface area (Å²) < 4.78 is 5.44. The van der Waals surface area contributed by atoms with E-state index in [0.29, 0.717) is 23.4 Å². The lowest BCUT2D eigenvalue weighted by Gasteiger charge is -2.24. The van der Waals surface area contributed by atoms with Crippen LogP contribution in [0.1, 0.15) is 12.8 Å². The Balaban J connectivity index is 1.44. The molecule has 1 aromatic heterocycles. The highest BCUT2D eigenvalue weighted by Crippen LogP contribution is 2.26. The van der Waals surface area contributed by atoms with Crippen LogP contribution in [0.3, 0.4) is 0 Å². The van der Waals surface area contributed by atoms with Crippen LogP contribution in [0, 0.1) is 0 Å². The van der Waals surface area contributed by atoms with E-state index in [1.165, 1.54) is 0 Å². The lowest BCUT2D eigenvalue weighted by Crippen LogP contribution is -2.41. The second-order valence-electron chi connectivity index (χ2n) is 5.35. The van der Waals surface area contributed by atoms with Crippen molar-refractivity contribution in [1.29, 1.82) is 0 Å². The highest BCUT2D eigenvalue weighted by Gasteiger charge is 2.26. The van der Waals surface area contributed by atoms with E-state index in [1.54, 1.807) is 35.6 Å². The molecule has 1 fully saturated rings. The zero-order chi connectivity index (χ0) is 16.1. The molecule has 0 spiro atoms.